The molecule has 8 heteroatoms. The van der Waals surface area contributed by atoms with Gasteiger partial charge in [-0.15, -0.1) is 0 Å². The monoisotopic (exact) mass is 373 g/mol. The maximum absolute atomic E-state index is 13.0. The third-order valence-corrected chi connectivity index (χ3v) is 3.73. The Hall–Kier alpha value is -3.42. The van der Waals surface area contributed by atoms with Gasteiger partial charge < -0.3 is 10.6 Å². The van der Waals surface area contributed by atoms with Crippen molar-refractivity contribution in [3.63, 3.8) is 0 Å². The van der Waals surface area contributed by atoms with E-state index in [9.17, 15) is 22.8 Å². The quantitative estimate of drug-likeness (QED) is 0.673. The lowest BCUT2D eigenvalue weighted by Crippen LogP contribution is -2.23. The smallest absolute Gasteiger partial charge is 0.325 e. The molecule has 1 heterocycles. The zero-order chi connectivity index (χ0) is 19.4. The van der Waals surface area contributed by atoms with Crippen LogP contribution < -0.4 is 10.6 Å². The number of carbonyl (C=O) groups is 2. The Morgan fingerprint density at radius 1 is 0.852 bits per heavy atom. The highest BCUT2D eigenvalue weighted by Crippen LogP contribution is 2.34. The lowest BCUT2D eigenvalue weighted by Gasteiger charge is -2.13. The van der Waals surface area contributed by atoms with Gasteiger partial charge in [0, 0.05) is 11.6 Å². The molecule has 0 saturated carbocycles. The van der Waals surface area contributed by atoms with Gasteiger partial charge in [0.25, 0.3) is 0 Å². The van der Waals surface area contributed by atoms with Gasteiger partial charge in [0.2, 0.25) is 11.8 Å². The van der Waals surface area contributed by atoms with Crippen molar-refractivity contribution in [2.45, 2.75) is 12.6 Å². The average Bonchev–Trinajstić information content (AvgIpc) is 2.61. The summed E-state index contributed by atoms with van der Waals surface area (Å²) in [6.45, 7) is 0. The van der Waals surface area contributed by atoms with Crippen molar-refractivity contribution in [3.05, 3.63) is 66.4 Å². The molecule has 0 aliphatic rings. The number of alkyl halides is 3. The Labute approximate surface area is 152 Å². The number of aromatic nitrogens is 1. The third-order valence-electron chi connectivity index (χ3n) is 3.73. The van der Waals surface area contributed by atoms with Gasteiger partial charge >= 0.3 is 6.18 Å². The number of carbonyl (C=O) groups excluding carboxylic acids is 2. The standard InChI is InChI=1S/C19H14F3N3O2/c20-19(21,22)13-7-1-2-8-14(13)24-16(26)11-17(27)25-15-9-3-5-12-6-4-10-23-18(12)15/h1-10H,11H2,(H,24,26)(H,25,27). The van der Waals surface area contributed by atoms with Crippen molar-refractivity contribution in [1.82, 2.24) is 4.98 Å². The number of fused-ring (bicyclic) bond motifs is 1. The second kappa shape index (κ2) is 7.45. The van der Waals surface area contributed by atoms with Gasteiger partial charge in [0.15, 0.2) is 0 Å². The van der Waals surface area contributed by atoms with Crippen LogP contribution in [-0.2, 0) is 15.8 Å². The van der Waals surface area contributed by atoms with Crippen molar-refractivity contribution < 1.29 is 22.8 Å². The molecule has 0 atom stereocenters. The van der Waals surface area contributed by atoms with E-state index in [0.717, 1.165) is 17.5 Å². The Kier molecular flexibility index (Phi) is 5.07. The summed E-state index contributed by atoms with van der Waals surface area (Å²) in [6, 6.07) is 13.3. The van der Waals surface area contributed by atoms with Crippen LogP contribution in [0.5, 0.6) is 0 Å². The van der Waals surface area contributed by atoms with Crippen molar-refractivity contribution >= 4 is 34.1 Å². The first-order valence-electron chi connectivity index (χ1n) is 7.94. The molecule has 3 rings (SSSR count). The van der Waals surface area contributed by atoms with Crippen LogP contribution in [0.15, 0.2) is 60.8 Å². The maximum atomic E-state index is 13.0. The van der Waals surface area contributed by atoms with E-state index in [4.69, 9.17) is 0 Å². The molecule has 2 aromatic carbocycles. The van der Waals surface area contributed by atoms with Gasteiger partial charge in [0.05, 0.1) is 22.5 Å². The van der Waals surface area contributed by atoms with Crippen LogP contribution >= 0.6 is 0 Å². The minimum absolute atomic E-state index is 0.394. The van der Waals surface area contributed by atoms with Crippen LogP contribution in [0.1, 0.15) is 12.0 Å². The lowest BCUT2D eigenvalue weighted by atomic mass is 10.1. The number of benzene rings is 2. The fraction of sp³-hybridized carbons (Fsp3) is 0.105. The fourth-order valence-corrected chi connectivity index (χ4v) is 2.58. The molecule has 0 aliphatic carbocycles. The van der Waals surface area contributed by atoms with E-state index in [1.54, 1.807) is 24.4 Å². The molecule has 5 nitrogen and oxygen atoms in total. The summed E-state index contributed by atoms with van der Waals surface area (Å²) in [5, 5.41) is 5.50. The topological polar surface area (TPSA) is 71.1 Å². The lowest BCUT2D eigenvalue weighted by molar-refractivity contribution is -0.137. The van der Waals surface area contributed by atoms with E-state index < -0.39 is 35.7 Å². The minimum Gasteiger partial charge on any atom is -0.325 e. The number of rotatable bonds is 4. The molecule has 0 radical (unpaired) electrons. The van der Waals surface area contributed by atoms with Gasteiger partial charge in [-0.1, -0.05) is 30.3 Å². The molecule has 0 saturated heterocycles. The van der Waals surface area contributed by atoms with Gasteiger partial charge in [-0.05, 0) is 24.3 Å². The van der Waals surface area contributed by atoms with Crippen LogP contribution in [0.2, 0.25) is 0 Å². The Morgan fingerprint density at radius 3 is 2.22 bits per heavy atom. The van der Waals surface area contributed by atoms with Crippen LogP contribution in [0, 0.1) is 0 Å². The van der Waals surface area contributed by atoms with E-state index in [1.807, 2.05) is 12.1 Å². The van der Waals surface area contributed by atoms with Gasteiger partial charge in [-0.3, -0.25) is 14.6 Å². The highest BCUT2D eigenvalue weighted by molar-refractivity contribution is 6.10. The number of nitrogens with one attached hydrogen (secondary N) is 2. The van der Waals surface area contributed by atoms with E-state index in [0.29, 0.717) is 11.2 Å². The number of para-hydroxylation sites is 2. The number of pyridine rings is 1. The molecular weight excluding hydrogens is 359 g/mol. The summed E-state index contributed by atoms with van der Waals surface area (Å²) in [6.07, 6.45) is -3.67. The number of halogens is 3. The van der Waals surface area contributed by atoms with Crippen LogP contribution in [0.25, 0.3) is 10.9 Å². The van der Waals surface area contributed by atoms with Crippen molar-refractivity contribution in [2.24, 2.45) is 0 Å². The van der Waals surface area contributed by atoms with Crippen molar-refractivity contribution in [3.8, 4) is 0 Å². The molecule has 27 heavy (non-hydrogen) atoms. The molecule has 3 aromatic rings. The molecule has 0 aliphatic heterocycles. The Balaban J connectivity index is 1.69. The van der Waals surface area contributed by atoms with Crippen molar-refractivity contribution in [1.29, 1.82) is 0 Å². The van der Waals surface area contributed by atoms with E-state index >= 15 is 0 Å². The van der Waals surface area contributed by atoms with Crippen LogP contribution in [0.3, 0.4) is 0 Å². The van der Waals surface area contributed by atoms with E-state index in [-0.39, 0.29) is 0 Å². The SMILES string of the molecule is O=C(CC(=O)Nc1cccc2cccnc12)Nc1ccccc1C(F)(F)F. The van der Waals surface area contributed by atoms with E-state index in [1.165, 1.54) is 12.1 Å². The summed E-state index contributed by atoms with van der Waals surface area (Å²) in [5.74, 6) is -1.51. The number of anilines is 2. The summed E-state index contributed by atoms with van der Waals surface area (Å²) in [5.41, 5.74) is -0.399. The number of nitrogens with zero attached hydrogens (tertiary/aromatic N) is 1. The molecule has 2 amide bonds. The highest BCUT2D eigenvalue weighted by atomic mass is 19.4. The zero-order valence-electron chi connectivity index (χ0n) is 13.9. The number of amides is 2. The highest BCUT2D eigenvalue weighted by Gasteiger charge is 2.33. The van der Waals surface area contributed by atoms with Gasteiger partial charge in [0.1, 0.15) is 6.42 Å². The summed E-state index contributed by atoms with van der Waals surface area (Å²) in [7, 11) is 0. The molecule has 138 valence electrons. The van der Waals surface area contributed by atoms with E-state index in [2.05, 4.69) is 15.6 Å². The summed E-state index contributed by atoms with van der Waals surface area (Å²) < 4.78 is 38.9. The molecule has 1 aromatic heterocycles. The molecular formula is C19H14F3N3O2. The molecule has 0 unspecified atom stereocenters. The Morgan fingerprint density at radius 2 is 1.48 bits per heavy atom. The molecule has 2 N–H and O–H groups in total. The molecule has 0 fully saturated rings. The predicted octanol–water partition coefficient (Wildman–Crippen LogP) is 4.22. The summed E-state index contributed by atoms with van der Waals surface area (Å²) >= 11 is 0. The van der Waals surface area contributed by atoms with Crippen LogP contribution in [0.4, 0.5) is 24.5 Å². The van der Waals surface area contributed by atoms with Crippen LogP contribution in [-0.4, -0.2) is 16.8 Å². The number of hydrogen-bond donors (Lipinski definition) is 2. The fourth-order valence-electron chi connectivity index (χ4n) is 2.58. The van der Waals surface area contributed by atoms with Gasteiger partial charge in [-0.25, -0.2) is 0 Å². The molecule has 0 bridgehead atoms. The normalized spacial score (nSPS) is 11.2. The average molecular weight is 373 g/mol. The first-order valence-corrected chi connectivity index (χ1v) is 7.94. The number of hydrogen-bond acceptors (Lipinski definition) is 3. The molecule has 0 spiro atoms. The maximum Gasteiger partial charge on any atom is 0.418 e. The predicted molar refractivity (Wildman–Crippen MR) is 95.1 cm³/mol. The zero-order valence-corrected chi connectivity index (χ0v) is 13.9. The van der Waals surface area contributed by atoms with Crippen molar-refractivity contribution in [2.75, 3.05) is 10.6 Å². The Bertz CT molecular complexity index is 997. The summed E-state index contributed by atoms with van der Waals surface area (Å²) in [4.78, 5) is 28.3. The minimum atomic E-state index is -4.61. The third kappa shape index (κ3) is 4.41. The first kappa shape index (κ1) is 18.4. The van der Waals surface area contributed by atoms with Gasteiger partial charge in [-0.2, -0.15) is 13.2 Å². The second-order valence-electron chi connectivity index (χ2n) is 5.70. The second-order valence-corrected chi connectivity index (χ2v) is 5.70. The first-order chi connectivity index (χ1) is 12.8. The largest absolute Gasteiger partial charge is 0.418 e.